The third kappa shape index (κ3) is 1.77. The lowest BCUT2D eigenvalue weighted by Gasteiger charge is -2.29. The molecule has 1 saturated heterocycles. The molecule has 86 valence electrons. The summed E-state index contributed by atoms with van der Waals surface area (Å²) in [7, 11) is 0. The van der Waals surface area contributed by atoms with Crippen molar-refractivity contribution in [2.45, 2.75) is 38.8 Å². The predicted octanol–water partition coefficient (Wildman–Crippen LogP) is 2.76. The monoisotopic (exact) mass is 219 g/mol. The van der Waals surface area contributed by atoms with Gasteiger partial charge in [-0.15, -0.1) is 0 Å². The van der Waals surface area contributed by atoms with Gasteiger partial charge in [0, 0.05) is 12.1 Å². The van der Waals surface area contributed by atoms with E-state index in [0.717, 1.165) is 18.5 Å². The summed E-state index contributed by atoms with van der Waals surface area (Å²) in [6, 6.07) is 8.11. The van der Waals surface area contributed by atoms with Crippen LogP contribution < -0.4 is 4.90 Å². The molecule has 3 nitrogen and oxygen atoms in total. The van der Waals surface area contributed by atoms with E-state index in [0.29, 0.717) is 17.6 Å². The Bertz CT molecular complexity index is 393. The Labute approximate surface area is 95.7 Å². The summed E-state index contributed by atoms with van der Waals surface area (Å²) < 4.78 is 0. The maximum Gasteiger partial charge on any atom is 0.337 e. The quantitative estimate of drug-likeness (QED) is 0.831. The van der Waals surface area contributed by atoms with Crippen LogP contribution in [0.5, 0.6) is 0 Å². The van der Waals surface area contributed by atoms with Crippen LogP contribution in [0.15, 0.2) is 24.3 Å². The first kappa shape index (κ1) is 11.0. The van der Waals surface area contributed by atoms with Crippen molar-refractivity contribution in [1.82, 2.24) is 0 Å². The van der Waals surface area contributed by atoms with Gasteiger partial charge in [0.25, 0.3) is 0 Å². The van der Waals surface area contributed by atoms with Crippen molar-refractivity contribution >= 4 is 11.7 Å². The average Bonchev–Trinajstić information content (AvgIpc) is 2.58. The van der Waals surface area contributed by atoms with Crippen LogP contribution in [0.25, 0.3) is 0 Å². The molecule has 1 heterocycles. The fourth-order valence-electron chi connectivity index (χ4n) is 2.55. The fraction of sp³-hybridized carbons (Fsp3) is 0.462. The summed E-state index contributed by atoms with van der Waals surface area (Å²) in [6.45, 7) is 4.31. The van der Waals surface area contributed by atoms with E-state index < -0.39 is 5.97 Å². The molecule has 1 aromatic carbocycles. The largest absolute Gasteiger partial charge is 0.478 e. The molecule has 3 heteroatoms. The molecule has 2 rings (SSSR count). The first-order valence-corrected chi connectivity index (χ1v) is 5.72. The highest BCUT2D eigenvalue weighted by molar-refractivity contribution is 5.94. The van der Waals surface area contributed by atoms with E-state index >= 15 is 0 Å². The van der Waals surface area contributed by atoms with Crippen molar-refractivity contribution in [2.24, 2.45) is 0 Å². The second-order valence-corrected chi connectivity index (χ2v) is 4.50. The zero-order chi connectivity index (χ0) is 11.7. The molecule has 0 bridgehead atoms. The number of rotatable bonds is 2. The number of carboxylic acids is 1. The third-order valence-corrected chi connectivity index (χ3v) is 3.36. The van der Waals surface area contributed by atoms with Crippen LogP contribution >= 0.6 is 0 Å². The maximum atomic E-state index is 11.2. The molecule has 0 aromatic heterocycles. The Hall–Kier alpha value is -1.51. The first-order chi connectivity index (χ1) is 7.61. The summed E-state index contributed by atoms with van der Waals surface area (Å²) in [6.07, 6.45) is 2.27. The molecule has 0 aliphatic carbocycles. The fourth-order valence-corrected chi connectivity index (χ4v) is 2.55. The van der Waals surface area contributed by atoms with Crippen LogP contribution in [-0.4, -0.2) is 23.2 Å². The Balaban J connectivity index is 2.43. The number of hydrogen-bond acceptors (Lipinski definition) is 2. The summed E-state index contributed by atoms with van der Waals surface area (Å²) in [4.78, 5) is 13.4. The molecule has 0 amide bonds. The molecular weight excluding hydrogens is 202 g/mol. The first-order valence-electron chi connectivity index (χ1n) is 5.72. The predicted molar refractivity (Wildman–Crippen MR) is 64.0 cm³/mol. The Morgan fingerprint density at radius 1 is 1.25 bits per heavy atom. The Morgan fingerprint density at radius 2 is 1.81 bits per heavy atom. The van der Waals surface area contributed by atoms with Crippen molar-refractivity contribution in [3.63, 3.8) is 0 Å². The minimum atomic E-state index is -0.845. The number of carbonyl (C=O) groups is 1. The summed E-state index contributed by atoms with van der Waals surface area (Å²) in [5, 5.41) is 9.17. The van der Waals surface area contributed by atoms with E-state index in [2.05, 4.69) is 18.7 Å². The highest BCUT2D eigenvalue weighted by Gasteiger charge is 2.29. The van der Waals surface area contributed by atoms with E-state index in [9.17, 15) is 9.90 Å². The SMILES string of the molecule is CC1CCC(C)N1c1ccccc1C(=O)O. The second-order valence-electron chi connectivity index (χ2n) is 4.50. The Morgan fingerprint density at radius 3 is 2.38 bits per heavy atom. The number of hydrogen-bond donors (Lipinski definition) is 1. The third-order valence-electron chi connectivity index (χ3n) is 3.36. The molecule has 0 saturated carbocycles. The number of para-hydroxylation sites is 1. The summed E-state index contributed by atoms with van der Waals surface area (Å²) in [5.41, 5.74) is 1.26. The van der Waals surface area contributed by atoms with Gasteiger partial charge in [0.05, 0.1) is 11.3 Å². The molecule has 16 heavy (non-hydrogen) atoms. The van der Waals surface area contributed by atoms with Crippen molar-refractivity contribution in [2.75, 3.05) is 4.90 Å². The number of nitrogens with zero attached hydrogens (tertiary/aromatic N) is 1. The van der Waals surface area contributed by atoms with Gasteiger partial charge in [0.2, 0.25) is 0 Å². The van der Waals surface area contributed by atoms with Gasteiger partial charge >= 0.3 is 5.97 Å². The van der Waals surface area contributed by atoms with Gasteiger partial charge in [0.1, 0.15) is 0 Å². The highest BCUT2D eigenvalue weighted by Crippen LogP contribution is 2.32. The van der Waals surface area contributed by atoms with Gasteiger partial charge in [-0.05, 0) is 38.8 Å². The lowest BCUT2D eigenvalue weighted by atomic mass is 10.1. The molecule has 2 atom stereocenters. The maximum absolute atomic E-state index is 11.2. The summed E-state index contributed by atoms with van der Waals surface area (Å²) >= 11 is 0. The molecule has 1 fully saturated rings. The molecule has 0 radical (unpaired) electrons. The molecule has 2 unspecified atom stereocenters. The van der Waals surface area contributed by atoms with Crippen molar-refractivity contribution in [3.8, 4) is 0 Å². The van der Waals surface area contributed by atoms with Crippen LogP contribution in [-0.2, 0) is 0 Å². The molecular formula is C13H17NO2. The molecule has 1 aliphatic rings. The molecule has 1 aromatic rings. The second kappa shape index (κ2) is 4.16. The zero-order valence-electron chi connectivity index (χ0n) is 9.68. The van der Waals surface area contributed by atoms with Crippen LogP contribution in [0.3, 0.4) is 0 Å². The number of carboxylic acid groups (broad SMARTS) is 1. The minimum Gasteiger partial charge on any atom is -0.478 e. The van der Waals surface area contributed by atoms with Crippen molar-refractivity contribution in [3.05, 3.63) is 29.8 Å². The standard InChI is InChI=1S/C13H17NO2/c1-9-7-8-10(2)14(9)12-6-4-3-5-11(12)13(15)16/h3-6,9-10H,7-8H2,1-2H3,(H,15,16). The van der Waals surface area contributed by atoms with Crippen molar-refractivity contribution in [1.29, 1.82) is 0 Å². The average molecular weight is 219 g/mol. The minimum absolute atomic E-state index is 0.406. The lowest BCUT2D eigenvalue weighted by Crippen LogP contribution is -2.33. The lowest BCUT2D eigenvalue weighted by molar-refractivity contribution is 0.0697. The zero-order valence-corrected chi connectivity index (χ0v) is 9.68. The van der Waals surface area contributed by atoms with E-state index in [1.54, 1.807) is 12.1 Å². The Kier molecular flexibility index (Phi) is 2.86. The molecule has 1 N–H and O–H groups in total. The van der Waals surface area contributed by atoms with E-state index in [4.69, 9.17) is 0 Å². The number of aromatic carboxylic acids is 1. The van der Waals surface area contributed by atoms with Gasteiger partial charge in [-0.1, -0.05) is 12.1 Å². The van der Waals surface area contributed by atoms with E-state index in [1.807, 2.05) is 12.1 Å². The molecule has 0 spiro atoms. The van der Waals surface area contributed by atoms with E-state index in [1.165, 1.54) is 0 Å². The van der Waals surface area contributed by atoms with Gasteiger partial charge < -0.3 is 10.0 Å². The van der Waals surface area contributed by atoms with Gasteiger partial charge in [0.15, 0.2) is 0 Å². The van der Waals surface area contributed by atoms with Crippen LogP contribution in [0.4, 0.5) is 5.69 Å². The number of benzene rings is 1. The van der Waals surface area contributed by atoms with Crippen LogP contribution in [0.2, 0.25) is 0 Å². The van der Waals surface area contributed by atoms with Gasteiger partial charge in [-0.2, -0.15) is 0 Å². The van der Waals surface area contributed by atoms with Gasteiger partial charge in [-0.3, -0.25) is 0 Å². The van der Waals surface area contributed by atoms with Crippen molar-refractivity contribution < 1.29 is 9.90 Å². The normalized spacial score (nSPS) is 24.8. The topological polar surface area (TPSA) is 40.5 Å². The summed E-state index contributed by atoms with van der Waals surface area (Å²) in [5.74, 6) is -0.845. The smallest absolute Gasteiger partial charge is 0.337 e. The van der Waals surface area contributed by atoms with E-state index in [-0.39, 0.29) is 0 Å². The van der Waals surface area contributed by atoms with Crippen LogP contribution in [0.1, 0.15) is 37.0 Å². The number of anilines is 1. The highest BCUT2D eigenvalue weighted by atomic mass is 16.4. The van der Waals surface area contributed by atoms with Crippen LogP contribution in [0, 0.1) is 0 Å². The molecule has 1 aliphatic heterocycles. The van der Waals surface area contributed by atoms with Gasteiger partial charge in [-0.25, -0.2) is 4.79 Å².